The number of benzene rings is 1. The third-order valence-electron chi connectivity index (χ3n) is 2.16. The average molecular weight is 275 g/mol. The molecule has 4 nitrogen and oxygen atoms in total. The van der Waals surface area contributed by atoms with Gasteiger partial charge in [0, 0.05) is 14.1 Å². The molecule has 0 saturated carbocycles. The molecule has 1 aromatic rings. The first-order chi connectivity index (χ1) is 8.08. The van der Waals surface area contributed by atoms with Crippen LogP contribution in [0.1, 0.15) is 5.56 Å². The molecule has 0 atom stereocenters. The Hall–Kier alpha value is -1.07. The highest BCUT2D eigenvalue weighted by Crippen LogP contribution is 2.21. The lowest BCUT2D eigenvalue weighted by atomic mass is 10.2. The molecule has 17 heavy (non-hydrogen) atoms. The van der Waals surface area contributed by atoms with Crippen molar-refractivity contribution in [2.24, 2.45) is 0 Å². The van der Waals surface area contributed by atoms with Gasteiger partial charge in [-0.15, -0.1) is 0 Å². The van der Waals surface area contributed by atoms with E-state index < -0.39 is 0 Å². The summed E-state index contributed by atoms with van der Waals surface area (Å²) in [6.45, 7) is 0.454. The van der Waals surface area contributed by atoms with Gasteiger partial charge < -0.3 is 9.64 Å². The highest BCUT2D eigenvalue weighted by Gasteiger charge is 2.15. The number of carbonyl (C=O) groups is 1. The maximum absolute atomic E-state index is 11.7. The van der Waals surface area contributed by atoms with E-state index >= 15 is 0 Å². The number of hydrogen-bond donors (Lipinski definition) is 0. The lowest BCUT2D eigenvalue weighted by molar-refractivity contribution is 0.199. The molecular formula is C11H15ClN2O2S. The second kappa shape index (κ2) is 6.61. The quantitative estimate of drug-likeness (QED) is 0.792. The van der Waals surface area contributed by atoms with Crippen LogP contribution in [0, 0.1) is 0 Å². The van der Waals surface area contributed by atoms with Gasteiger partial charge in [0.15, 0.2) is 0 Å². The number of rotatable bonds is 4. The van der Waals surface area contributed by atoms with Gasteiger partial charge in [-0.25, -0.2) is 4.79 Å². The van der Waals surface area contributed by atoms with Gasteiger partial charge in [0.25, 0.3) is 0 Å². The van der Waals surface area contributed by atoms with E-state index in [1.54, 1.807) is 21.2 Å². The largest absolute Gasteiger partial charge is 0.497 e. The van der Waals surface area contributed by atoms with Gasteiger partial charge in [-0.3, -0.25) is 4.31 Å². The fourth-order valence-electron chi connectivity index (χ4n) is 1.24. The third-order valence-corrected chi connectivity index (χ3v) is 3.12. The number of hydrogen-bond acceptors (Lipinski definition) is 3. The maximum Gasteiger partial charge on any atom is 0.330 e. The number of methoxy groups -OCH3 is 1. The molecule has 0 aliphatic carbocycles. The number of halogens is 1. The van der Waals surface area contributed by atoms with Crippen LogP contribution in [-0.2, 0) is 6.54 Å². The summed E-state index contributed by atoms with van der Waals surface area (Å²) in [4.78, 5) is 13.2. The van der Waals surface area contributed by atoms with E-state index in [-0.39, 0.29) is 6.03 Å². The van der Waals surface area contributed by atoms with Crippen molar-refractivity contribution in [1.82, 2.24) is 9.21 Å². The van der Waals surface area contributed by atoms with Crippen molar-refractivity contribution < 1.29 is 9.53 Å². The normalized spacial score (nSPS) is 9.88. The number of nitrogens with zero attached hydrogens (tertiary/aromatic N) is 2. The van der Waals surface area contributed by atoms with Crippen LogP contribution in [0.3, 0.4) is 0 Å². The molecular weight excluding hydrogens is 260 g/mol. The summed E-state index contributed by atoms with van der Waals surface area (Å²) >= 11 is 0.894. The van der Waals surface area contributed by atoms with E-state index in [9.17, 15) is 4.79 Å². The Morgan fingerprint density at radius 2 is 1.94 bits per heavy atom. The highest BCUT2D eigenvalue weighted by molar-refractivity contribution is 8.19. The van der Waals surface area contributed by atoms with Crippen LogP contribution in [0.4, 0.5) is 4.79 Å². The first-order valence-electron chi connectivity index (χ1n) is 4.99. The maximum atomic E-state index is 11.7. The summed E-state index contributed by atoms with van der Waals surface area (Å²) in [6, 6.07) is 7.38. The van der Waals surface area contributed by atoms with E-state index in [1.807, 2.05) is 24.3 Å². The van der Waals surface area contributed by atoms with Crippen molar-refractivity contribution in [1.29, 1.82) is 0 Å². The zero-order valence-corrected chi connectivity index (χ0v) is 11.6. The Balaban J connectivity index is 2.70. The van der Waals surface area contributed by atoms with Crippen molar-refractivity contribution >= 4 is 27.9 Å². The summed E-state index contributed by atoms with van der Waals surface area (Å²) in [7, 11) is 10.7. The Morgan fingerprint density at radius 1 is 1.35 bits per heavy atom. The predicted octanol–water partition coefficient (Wildman–Crippen LogP) is 2.98. The smallest absolute Gasteiger partial charge is 0.330 e. The van der Waals surface area contributed by atoms with E-state index in [2.05, 4.69) is 0 Å². The average Bonchev–Trinajstić information content (AvgIpc) is 2.35. The van der Waals surface area contributed by atoms with Crippen molar-refractivity contribution in [3.8, 4) is 5.75 Å². The second-order valence-electron chi connectivity index (χ2n) is 3.63. The van der Waals surface area contributed by atoms with E-state index in [4.69, 9.17) is 15.4 Å². The van der Waals surface area contributed by atoms with Crippen molar-refractivity contribution in [2.45, 2.75) is 6.54 Å². The Morgan fingerprint density at radius 3 is 2.35 bits per heavy atom. The van der Waals surface area contributed by atoms with Crippen molar-refractivity contribution in [2.75, 3.05) is 21.2 Å². The standard InChI is InChI=1S/C11H15ClN2O2S/c1-13(2)11(15)14(17-12)8-9-4-6-10(16-3)7-5-9/h4-7H,8H2,1-3H3. The summed E-state index contributed by atoms with van der Waals surface area (Å²) in [6.07, 6.45) is 0. The molecule has 0 N–H and O–H groups in total. The van der Waals surface area contributed by atoms with Crippen molar-refractivity contribution in [3.05, 3.63) is 29.8 Å². The molecule has 0 spiro atoms. The van der Waals surface area contributed by atoms with Gasteiger partial charge in [0.05, 0.1) is 24.8 Å². The summed E-state index contributed by atoms with van der Waals surface area (Å²) in [5.74, 6) is 0.790. The van der Waals surface area contributed by atoms with Gasteiger partial charge in [0.1, 0.15) is 5.75 Å². The Kier molecular flexibility index (Phi) is 5.44. The van der Waals surface area contributed by atoms with Gasteiger partial charge in [-0.2, -0.15) is 0 Å². The number of amides is 2. The van der Waals surface area contributed by atoms with Crippen LogP contribution in [-0.4, -0.2) is 36.4 Å². The minimum Gasteiger partial charge on any atom is -0.497 e. The Labute approximate surface area is 110 Å². The molecule has 0 aromatic heterocycles. The van der Waals surface area contributed by atoms with E-state index in [1.165, 1.54) is 9.21 Å². The van der Waals surface area contributed by atoms with E-state index in [0.717, 1.165) is 22.5 Å². The van der Waals surface area contributed by atoms with Crippen LogP contribution in [0.5, 0.6) is 5.75 Å². The highest BCUT2D eigenvalue weighted by atomic mass is 35.7. The lowest BCUT2D eigenvalue weighted by Crippen LogP contribution is -2.33. The predicted molar refractivity (Wildman–Crippen MR) is 71.1 cm³/mol. The molecule has 0 saturated heterocycles. The SMILES string of the molecule is COc1ccc(CN(SCl)C(=O)N(C)C)cc1. The molecule has 1 aromatic carbocycles. The third kappa shape index (κ3) is 4.02. The van der Waals surface area contributed by atoms with Crippen LogP contribution in [0.15, 0.2) is 24.3 Å². The molecule has 0 radical (unpaired) electrons. The Bertz CT molecular complexity index is 370. The summed E-state index contributed by atoms with van der Waals surface area (Å²) in [5, 5.41) is 0. The van der Waals surface area contributed by atoms with Crippen molar-refractivity contribution in [3.63, 3.8) is 0 Å². The molecule has 2 amide bonds. The van der Waals surface area contributed by atoms with Crippen LogP contribution in [0.25, 0.3) is 0 Å². The summed E-state index contributed by atoms with van der Waals surface area (Å²) < 4.78 is 6.54. The first kappa shape index (κ1) is 14.0. The molecule has 94 valence electrons. The zero-order chi connectivity index (χ0) is 12.8. The van der Waals surface area contributed by atoms with Gasteiger partial charge in [-0.1, -0.05) is 12.1 Å². The zero-order valence-electron chi connectivity index (χ0n) is 10.0. The molecule has 0 aliphatic heterocycles. The molecule has 0 fully saturated rings. The minimum atomic E-state index is -0.138. The molecule has 0 aliphatic rings. The molecule has 1 rings (SSSR count). The van der Waals surface area contributed by atoms with Crippen LogP contribution >= 0.6 is 21.8 Å². The van der Waals surface area contributed by atoms with Crippen LogP contribution in [0.2, 0.25) is 0 Å². The van der Waals surface area contributed by atoms with Crippen LogP contribution < -0.4 is 4.74 Å². The number of urea groups is 1. The summed E-state index contributed by atoms with van der Waals surface area (Å²) in [5.41, 5.74) is 0.995. The monoisotopic (exact) mass is 274 g/mol. The fraction of sp³-hybridized carbons (Fsp3) is 0.364. The van der Waals surface area contributed by atoms with Gasteiger partial charge >= 0.3 is 6.03 Å². The molecule has 6 heteroatoms. The van der Waals surface area contributed by atoms with Gasteiger partial charge in [0.2, 0.25) is 0 Å². The fourth-order valence-corrected chi connectivity index (χ4v) is 1.99. The topological polar surface area (TPSA) is 32.8 Å². The van der Waals surface area contributed by atoms with E-state index in [0.29, 0.717) is 6.54 Å². The molecule has 0 bridgehead atoms. The molecule has 0 heterocycles. The number of carbonyl (C=O) groups excluding carboxylic acids is 1. The minimum absolute atomic E-state index is 0.138. The first-order valence-corrected chi connectivity index (χ1v) is 6.59. The molecule has 0 unspecified atom stereocenters. The number of ether oxygens (including phenoxy) is 1. The second-order valence-corrected chi connectivity index (χ2v) is 4.62. The lowest BCUT2D eigenvalue weighted by Gasteiger charge is -2.22. The van der Waals surface area contributed by atoms with Gasteiger partial charge in [-0.05, 0) is 28.4 Å².